The van der Waals surface area contributed by atoms with Gasteiger partial charge in [-0.1, -0.05) is 41.5 Å². The van der Waals surface area contributed by atoms with E-state index in [1.807, 2.05) is 41.5 Å². The number of carbonyl (C=O) groups excluding carboxylic acids is 1. The first-order chi connectivity index (χ1) is 7.55. The minimum Gasteiger partial charge on any atom is 0 e. The summed E-state index contributed by atoms with van der Waals surface area (Å²) in [6.45, 7) is 19.8. The zero-order chi connectivity index (χ0) is 14.9. The van der Waals surface area contributed by atoms with Gasteiger partial charge in [-0.2, -0.15) is 0 Å². The van der Waals surface area contributed by atoms with Gasteiger partial charge in [-0.25, -0.2) is 0 Å². The van der Waals surface area contributed by atoms with E-state index in [0.717, 1.165) is 0 Å². The van der Waals surface area contributed by atoms with Gasteiger partial charge in [0.25, 0.3) is 0 Å². The van der Waals surface area contributed by atoms with Gasteiger partial charge in [-0.3, -0.25) is 4.79 Å². The van der Waals surface area contributed by atoms with Crippen molar-refractivity contribution in [3.63, 3.8) is 0 Å². The van der Waals surface area contributed by atoms with Gasteiger partial charge < -0.3 is 5.11 Å². The molecule has 0 aromatic rings. The minimum absolute atomic E-state index is 0. The molecule has 5 heteroatoms. The van der Waals surface area contributed by atoms with Crippen LogP contribution in [0.15, 0.2) is 11.8 Å². The molecule has 0 saturated carbocycles. The maximum atomic E-state index is 11.4. The minimum atomic E-state index is -0.457. The second-order valence-corrected chi connectivity index (χ2v) is 5.37. The molecule has 4 nitrogen and oxygen atoms in total. The fourth-order valence-corrected chi connectivity index (χ4v) is 0.552. The molecule has 0 aromatic heterocycles. The average Bonchev–Trinajstić information content (AvgIpc) is 2.21. The van der Waals surface area contributed by atoms with Crippen LogP contribution < -0.4 is 5.11 Å². The van der Waals surface area contributed by atoms with E-state index in [-0.39, 0.29) is 31.0 Å². The molecular formula is C13H19O4Rh-. The Labute approximate surface area is 122 Å². The van der Waals surface area contributed by atoms with Crippen LogP contribution in [0.1, 0.15) is 41.5 Å². The third-order valence-corrected chi connectivity index (χ3v) is 1.74. The number of rotatable bonds is 1. The number of hydrogen-bond acceptors (Lipinski definition) is 2. The van der Waals surface area contributed by atoms with Gasteiger partial charge in [0.05, 0.1) is 0 Å². The van der Waals surface area contributed by atoms with Crippen molar-refractivity contribution < 1.29 is 38.7 Å². The molecule has 0 spiro atoms. The van der Waals surface area contributed by atoms with E-state index in [4.69, 9.17) is 9.30 Å². The van der Waals surface area contributed by atoms with Crippen LogP contribution in [0.2, 0.25) is 0 Å². The van der Waals surface area contributed by atoms with Crippen molar-refractivity contribution in [2.24, 2.45) is 10.8 Å². The molecule has 0 atom stereocenters. The first-order valence-corrected chi connectivity index (χ1v) is 4.89. The number of carbonyl (C=O) groups is 1. The summed E-state index contributed by atoms with van der Waals surface area (Å²) >= 11 is 0. The van der Waals surface area contributed by atoms with Crippen molar-refractivity contribution >= 4 is 5.78 Å². The summed E-state index contributed by atoms with van der Waals surface area (Å²) in [6, 6.07) is 0. The van der Waals surface area contributed by atoms with Crippen molar-refractivity contribution in [1.82, 2.24) is 0 Å². The van der Waals surface area contributed by atoms with Crippen molar-refractivity contribution in [3.8, 4) is 0 Å². The second-order valence-electron chi connectivity index (χ2n) is 5.37. The monoisotopic (exact) mass is 342 g/mol. The molecule has 0 aliphatic carbocycles. The Morgan fingerprint density at radius 2 is 1.22 bits per heavy atom. The molecule has 0 saturated heterocycles. The maximum Gasteiger partial charge on any atom is 0 e. The van der Waals surface area contributed by atoms with Crippen molar-refractivity contribution in [2.75, 3.05) is 0 Å². The third kappa shape index (κ3) is 13.4. The van der Waals surface area contributed by atoms with E-state index >= 15 is 0 Å². The van der Waals surface area contributed by atoms with Crippen LogP contribution in [-0.4, -0.2) is 5.78 Å². The Kier molecular flexibility index (Phi) is 16.5. The summed E-state index contributed by atoms with van der Waals surface area (Å²) in [4.78, 5) is 11.4. The van der Waals surface area contributed by atoms with Crippen LogP contribution in [0, 0.1) is 24.1 Å². The SMILES string of the molecule is CC(C)(C)C(=O)/C=C(\[O-])C(C)(C)C.[C-]#[O+].[C-]#[O+].[Rh]. The molecule has 0 aliphatic rings. The largest absolute Gasteiger partial charge is 0 e. The molecule has 18 heavy (non-hydrogen) atoms. The van der Waals surface area contributed by atoms with E-state index in [2.05, 4.69) is 13.3 Å². The Hall–Kier alpha value is -0.687. The Morgan fingerprint density at radius 1 is 0.944 bits per heavy atom. The van der Waals surface area contributed by atoms with Crippen LogP contribution in [0.4, 0.5) is 0 Å². The fourth-order valence-electron chi connectivity index (χ4n) is 0.552. The van der Waals surface area contributed by atoms with Crippen LogP contribution >= 0.6 is 0 Å². The van der Waals surface area contributed by atoms with Gasteiger partial charge in [-0.15, -0.1) is 5.76 Å². The molecule has 105 valence electrons. The first-order valence-electron chi connectivity index (χ1n) is 4.89. The fraction of sp³-hybridized carbons (Fsp3) is 0.615. The molecule has 0 fully saturated rings. The molecule has 0 unspecified atom stereocenters. The number of hydrogen-bond donors (Lipinski definition) is 0. The summed E-state index contributed by atoms with van der Waals surface area (Å²) in [5.74, 6) is -0.208. The van der Waals surface area contributed by atoms with Crippen LogP contribution in [0.5, 0.6) is 0 Å². The number of ketones is 1. The van der Waals surface area contributed by atoms with Gasteiger partial charge in [0, 0.05) is 24.9 Å². The molecule has 0 amide bonds. The van der Waals surface area contributed by atoms with Crippen molar-refractivity contribution in [1.29, 1.82) is 0 Å². The predicted molar refractivity (Wildman–Crippen MR) is 59.9 cm³/mol. The van der Waals surface area contributed by atoms with Gasteiger partial charge >= 0.3 is 22.6 Å². The van der Waals surface area contributed by atoms with E-state index < -0.39 is 10.8 Å². The summed E-state index contributed by atoms with van der Waals surface area (Å²) in [7, 11) is 0. The molecule has 0 N–H and O–H groups in total. The zero-order valence-electron chi connectivity index (χ0n) is 11.5. The smallest absolute Gasteiger partial charge is 0 e. The van der Waals surface area contributed by atoms with Gasteiger partial charge in [0.15, 0.2) is 5.78 Å². The third-order valence-electron chi connectivity index (χ3n) is 1.74. The number of allylic oxidation sites excluding steroid dienone is 2. The van der Waals surface area contributed by atoms with E-state index in [1.54, 1.807) is 0 Å². The average molecular weight is 342 g/mol. The van der Waals surface area contributed by atoms with Crippen LogP contribution in [-0.2, 0) is 33.6 Å². The molecule has 0 aliphatic heterocycles. The van der Waals surface area contributed by atoms with Crippen LogP contribution in [0.3, 0.4) is 0 Å². The summed E-state index contributed by atoms with van der Waals surface area (Å²) in [5, 5.41) is 11.4. The quantitative estimate of drug-likeness (QED) is 0.239. The topological polar surface area (TPSA) is 79.9 Å². The Balaban J connectivity index is -0.000000177. The Bertz CT molecular complexity index is 294. The van der Waals surface area contributed by atoms with Gasteiger partial charge in [-0.05, 0) is 11.5 Å². The van der Waals surface area contributed by atoms with E-state index in [0.29, 0.717) is 0 Å². The van der Waals surface area contributed by atoms with E-state index in [1.165, 1.54) is 6.08 Å². The molecule has 0 heterocycles. The van der Waals surface area contributed by atoms with Crippen molar-refractivity contribution in [3.05, 3.63) is 25.1 Å². The van der Waals surface area contributed by atoms with Gasteiger partial charge in [0.1, 0.15) is 0 Å². The normalized spacial score (nSPS) is 10.7. The standard InChI is InChI=1S/C11H20O2.2CO.Rh/c1-10(2,3)8(12)7-9(13)11(4,5)6;2*1-2;/h7,12H,1-6H3;;;/p-1/b8-7-;;;. The van der Waals surface area contributed by atoms with Crippen molar-refractivity contribution in [2.45, 2.75) is 41.5 Å². The molecule has 0 aromatic carbocycles. The van der Waals surface area contributed by atoms with Gasteiger partial charge in [0.2, 0.25) is 0 Å². The van der Waals surface area contributed by atoms with E-state index in [9.17, 15) is 9.90 Å². The first kappa shape index (κ1) is 26.0. The molecule has 0 rings (SSSR count). The molecular weight excluding hydrogens is 323 g/mol. The summed E-state index contributed by atoms with van der Waals surface area (Å²) in [5.41, 5.74) is -0.915. The summed E-state index contributed by atoms with van der Waals surface area (Å²) in [6.07, 6.45) is 1.22. The Morgan fingerprint density at radius 3 is 1.39 bits per heavy atom. The zero-order valence-corrected chi connectivity index (χ0v) is 13.2. The molecule has 0 bridgehead atoms. The predicted octanol–water partition coefficient (Wildman–Crippen LogP) is 1.81. The summed E-state index contributed by atoms with van der Waals surface area (Å²) < 4.78 is 15.0. The maximum absolute atomic E-state index is 11.4. The molecule has 1 radical (unpaired) electrons. The van der Waals surface area contributed by atoms with Crippen LogP contribution in [0.25, 0.3) is 0 Å². The second kappa shape index (κ2) is 11.4.